The first-order valence-corrected chi connectivity index (χ1v) is 11.5. The van der Waals surface area contributed by atoms with Crippen LogP contribution >= 0.6 is 27.5 Å². The minimum absolute atomic E-state index is 0.0942. The van der Waals surface area contributed by atoms with Crippen LogP contribution in [-0.2, 0) is 6.54 Å². The molecule has 4 aromatic rings. The summed E-state index contributed by atoms with van der Waals surface area (Å²) < 4.78 is 11.9. The molecule has 0 aliphatic carbocycles. The molecule has 0 saturated heterocycles. The van der Waals surface area contributed by atoms with E-state index in [-0.39, 0.29) is 18.7 Å². The van der Waals surface area contributed by atoms with E-state index in [0.29, 0.717) is 23.0 Å². The van der Waals surface area contributed by atoms with Crippen molar-refractivity contribution in [2.75, 3.05) is 6.79 Å². The molecule has 6 nitrogen and oxygen atoms in total. The van der Waals surface area contributed by atoms with Gasteiger partial charge in [-0.25, -0.2) is 0 Å². The first-order valence-electron chi connectivity index (χ1n) is 10.4. The maximum Gasteiger partial charge on any atom is 0.273 e. The van der Waals surface area contributed by atoms with E-state index < -0.39 is 0 Å². The van der Waals surface area contributed by atoms with Gasteiger partial charge < -0.3 is 14.4 Å². The number of amides is 1. The number of aromatic nitrogens is 2. The molecule has 3 aromatic carbocycles. The number of rotatable bonds is 4. The van der Waals surface area contributed by atoms with Gasteiger partial charge in [0.25, 0.3) is 5.91 Å². The van der Waals surface area contributed by atoms with E-state index in [1.807, 2.05) is 71.6 Å². The van der Waals surface area contributed by atoms with Crippen LogP contribution < -0.4 is 9.47 Å². The maximum absolute atomic E-state index is 13.6. The number of nitrogens with one attached hydrogen (secondary N) is 1. The van der Waals surface area contributed by atoms with Crippen molar-refractivity contribution >= 4 is 33.4 Å². The van der Waals surface area contributed by atoms with Gasteiger partial charge in [0.2, 0.25) is 6.79 Å². The smallest absolute Gasteiger partial charge is 0.273 e. The SMILES string of the molecule is O=C1c2[nH]nc(-c3ccc(Cl)cc3)c2C(c2ccc(Br)cc2)N1Cc1ccc2c(c1)OCO2. The Morgan fingerprint density at radius 2 is 1.79 bits per heavy atom. The molecule has 6 rings (SSSR count). The standard InChI is InChI=1S/C25H17BrClN3O3/c26-17-6-2-16(3-7-17)24-21-22(15-4-8-18(27)9-5-15)28-29-23(21)25(31)30(24)12-14-1-10-19-20(11-14)33-13-32-19/h1-11,24H,12-13H2,(H,28,29). The fraction of sp³-hybridized carbons (Fsp3) is 0.120. The Hall–Kier alpha value is -3.29. The van der Waals surface area contributed by atoms with Crippen molar-refractivity contribution in [1.29, 1.82) is 0 Å². The van der Waals surface area contributed by atoms with E-state index >= 15 is 0 Å². The summed E-state index contributed by atoms with van der Waals surface area (Å²) in [4.78, 5) is 15.4. The highest BCUT2D eigenvalue weighted by molar-refractivity contribution is 9.10. The molecule has 1 amide bonds. The van der Waals surface area contributed by atoms with Crippen molar-refractivity contribution in [3.8, 4) is 22.8 Å². The van der Waals surface area contributed by atoms with Crippen molar-refractivity contribution in [3.05, 3.63) is 98.6 Å². The molecule has 0 spiro atoms. The average Bonchev–Trinajstić information content (AvgIpc) is 3.52. The molecule has 2 aliphatic heterocycles. The summed E-state index contributed by atoms with van der Waals surface area (Å²) in [6.45, 7) is 0.627. The Morgan fingerprint density at radius 1 is 1.03 bits per heavy atom. The minimum atomic E-state index is -0.296. The summed E-state index contributed by atoms with van der Waals surface area (Å²) in [6, 6.07) is 21.0. The van der Waals surface area contributed by atoms with E-state index in [0.717, 1.165) is 38.2 Å². The second kappa shape index (κ2) is 7.93. The molecule has 2 aliphatic rings. The molecule has 33 heavy (non-hydrogen) atoms. The number of carbonyl (C=O) groups is 1. The van der Waals surface area contributed by atoms with Crippen LogP contribution in [0.1, 0.15) is 33.2 Å². The van der Waals surface area contributed by atoms with Crippen molar-refractivity contribution < 1.29 is 14.3 Å². The Bertz CT molecular complexity index is 1370. The lowest BCUT2D eigenvalue weighted by atomic mass is 9.96. The zero-order chi connectivity index (χ0) is 22.5. The van der Waals surface area contributed by atoms with E-state index in [1.54, 1.807) is 0 Å². The van der Waals surface area contributed by atoms with Gasteiger partial charge in [0.05, 0.1) is 11.7 Å². The van der Waals surface area contributed by atoms with Crippen LogP contribution in [-0.4, -0.2) is 27.8 Å². The van der Waals surface area contributed by atoms with Crippen molar-refractivity contribution in [3.63, 3.8) is 0 Å². The van der Waals surface area contributed by atoms with Crippen LogP contribution in [0.3, 0.4) is 0 Å². The Morgan fingerprint density at radius 3 is 2.58 bits per heavy atom. The molecule has 0 radical (unpaired) electrons. The maximum atomic E-state index is 13.6. The van der Waals surface area contributed by atoms with Gasteiger partial charge in [0.15, 0.2) is 11.5 Å². The fourth-order valence-electron chi connectivity index (χ4n) is 4.42. The van der Waals surface area contributed by atoms with Crippen LogP contribution in [0, 0.1) is 0 Å². The van der Waals surface area contributed by atoms with Crippen LogP contribution in [0.4, 0.5) is 0 Å². The van der Waals surface area contributed by atoms with Gasteiger partial charge >= 0.3 is 0 Å². The second-order valence-corrected chi connectivity index (χ2v) is 9.29. The highest BCUT2D eigenvalue weighted by Gasteiger charge is 2.42. The highest BCUT2D eigenvalue weighted by Crippen LogP contribution is 2.44. The third kappa shape index (κ3) is 3.48. The summed E-state index contributed by atoms with van der Waals surface area (Å²) in [6.07, 6.45) is 0. The number of nitrogens with zero attached hydrogens (tertiary/aromatic N) is 2. The number of halogens is 2. The monoisotopic (exact) mass is 521 g/mol. The first kappa shape index (κ1) is 20.3. The zero-order valence-electron chi connectivity index (χ0n) is 17.2. The van der Waals surface area contributed by atoms with Gasteiger partial charge in [-0.05, 0) is 47.5 Å². The van der Waals surface area contributed by atoms with E-state index in [9.17, 15) is 4.79 Å². The predicted molar refractivity (Wildman–Crippen MR) is 127 cm³/mol. The van der Waals surface area contributed by atoms with Crippen LogP contribution in [0.25, 0.3) is 11.3 Å². The van der Waals surface area contributed by atoms with Gasteiger partial charge in [-0.3, -0.25) is 9.89 Å². The fourth-order valence-corrected chi connectivity index (χ4v) is 4.81. The quantitative estimate of drug-likeness (QED) is 0.359. The molecule has 0 fully saturated rings. The third-order valence-electron chi connectivity index (χ3n) is 5.96. The largest absolute Gasteiger partial charge is 0.454 e. The normalized spacial score (nSPS) is 16.4. The predicted octanol–water partition coefficient (Wildman–Crippen LogP) is 5.97. The summed E-state index contributed by atoms with van der Waals surface area (Å²) in [7, 11) is 0. The number of fused-ring (bicyclic) bond motifs is 2. The van der Waals surface area contributed by atoms with E-state index in [4.69, 9.17) is 21.1 Å². The first-order chi connectivity index (χ1) is 16.1. The molecule has 164 valence electrons. The Balaban J connectivity index is 1.45. The van der Waals surface area contributed by atoms with Crippen molar-refractivity contribution in [1.82, 2.24) is 15.1 Å². The molecule has 1 N–H and O–H groups in total. The lowest BCUT2D eigenvalue weighted by Crippen LogP contribution is -2.29. The number of hydrogen-bond acceptors (Lipinski definition) is 4. The molecule has 3 heterocycles. The van der Waals surface area contributed by atoms with Crippen molar-refractivity contribution in [2.24, 2.45) is 0 Å². The number of ether oxygens (including phenoxy) is 2. The van der Waals surface area contributed by atoms with Crippen LogP contribution in [0.15, 0.2) is 71.2 Å². The second-order valence-electron chi connectivity index (χ2n) is 7.94. The lowest BCUT2D eigenvalue weighted by Gasteiger charge is -2.26. The lowest BCUT2D eigenvalue weighted by molar-refractivity contribution is 0.0730. The molecule has 8 heteroatoms. The summed E-state index contributed by atoms with van der Waals surface area (Å²) in [5.74, 6) is 1.32. The molecular formula is C25H17BrClN3O3. The van der Waals surface area contributed by atoms with Gasteiger partial charge in [-0.2, -0.15) is 5.10 Å². The number of H-pyrrole nitrogens is 1. The molecule has 1 aromatic heterocycles. The molecule has 0 saturated carbocycles. The summed E-state index contributed by atoms with van der Waals surface area (Å²) >= 11 is 9.60. The topological polar surface area (TPSA) is 67.5 Å². The van der Waals surface area contributed by atoms with E-state index in [2.05, 4.69) is 26.1 Å². The Kier molecular flexibility index (Phi) is 4.89. The van der Waals surface area contributed by atoms with Gasteiger partial charge in [-0.15, -0.1) is 0 Å². The van der Waals surface area contributed by atoms with Crippen molar-refractivity contribution in [2.45, 2.75) is 12.6 Å². The van der Waals surface area contributed by atoms with Gasteiger partial charge in [-0.1, -0.05) is 57.9 Å². The molecular weight excluding hydrogens is 506 g/mol. The minimum Gasteiger partial charge on any atom is -0.454 e. The highest BCUT2D eigenvalue weighted by atomic mass is 79.9. The average molecular weight is 523 g/mol. The van der Waals surface area contributed by atoms with Crippen LogP contribution in [0.5, 0.6) is 11.5 Å². The number of hydrogen-bond donors (Lipinski definition) is 1. The molecule has 1 unspecified atom stereocenters. The third-order valence-corrected chi connectivity index (χ3v) is 6.74. The number of benzene rings is 3. The molecule has 1 atom stereocenters. The van der Waals surface area contributed by atoms with E-state index in [1.165, 1.54) is 0 Å². The van der Waals surface area contributed by atoms with Gasteiger partial charge in [0, 0.05) is 27.2 Å². The summed E-state index contributed by atoms with van der Waals surface area (Å²) in [5.41, 5.74) is 4.98. The number of aromatic amines is 1. The van der Waals surface area contributed by atoms with Gasteiger partial charge in [0.1, 0.15) is 5.69 Å². The number of carbonyl (C=O) groups excluding carboxylic acids is 1. The van der Waals surface area contributed by atoms with Crippen LogP contribution in [0.2, 0.25) is 5.02 Å². The summed E-state index contributed by atoms with van der Waals surface area (Å²) in [5, 5.41) is 8.15. The zero-order valence-corrected chi connectivity index (χ0v) is 19.6. The molecule has 0 bridgehead atoms. The Labute approximate surface area is 203 Å².